The molecule has 3 aromatic rings. The van der Waals surface area contributed by atoms with Gasteiger partial charge in [-0.1, -0.05) is 30.3 Å². The maximum atomic E-state index is 12.5. The smallest absolute Gasteiger partial charge is 0.263 e. The Balaban J connectivity index is 1.64. The van der Waals surface area contributed by atoms with Crippen molar-refractivity contribution in [1.29, 1.82) is 0 Å². The Kier molecular flexibility index (Phi) is 4.99. The van der Waals surface area contributed by atoms with Crippen LogP contribution in [-0.2, 0) is 11.3 Å². The predicted molar refractivity (Wildman–Crippen MR) is 97.0 cm³/mol. The molecule has 0 unspecified atom stereocenters. The molecule has 0 aliphatic heterocycles. The number of amides is 1. The molecular formula is C19H18N4O2. The number of carbonyl (C=O) groups excluding carboxylic acids is 1. The van der Waals surface area contributed by atoms with Gasteiger partial charge in [0, 0.05) is 25.4 Å². The van der Waals surface area contributed by atoms with Gasteiger partial charge in [-0.05, 0) is 30.7 Å². The summed E-state index contributed by atoms with van der Waals surface area (Å²) in [5.74, 6) is 0.371. The zero-order valence-corrected chi connectivity index (χ0v) is 13.8. The molecule has 0 fully saturated rings. The first-order chi connectivity index (χ1) is 12.1. The van der Waals surface area contributed by atoms with Crippen LogP contribution in [0.5, 0.6) is 0 Å². The number of fused-ring (bicyclic) bond motifs is 1. The summed E-state index contributed by atoms with van der Waals surface area (Å²) in [6, 6.07) is 13.0. The summed E-state index contributed by atoms with van der Waals surface area (Å²) >= 11 is 0. The second kappa shape index (κ2) is 7.53. The average Bonchev–Trinajstić information content (AvgIpc) is 2.63. The molecule has 0 bridgehead atoms. The van der Waals surface area contributed by atoms with E-state index in [9.17, 15) is 9.59 Å². The first-order valence-corrected chi connectivity index (χ1v) is 7.98. The van der Waals surface area contributed by atoms with Crippen molar-refractivity contribution in [3.8, 4) is 0 Å². The van der Waals surface area contributed by atoms with Gasteiger partial charge >= 0.3 is 0 Å². The topological polar surface area (TPSA) is 76.9 Å². The van der Waals surface area contributed by atoms with Crippen molar-refractivity contribution in [2.24, 2.45) is 0 Å². The summed E-state index contributed by atoms with van der Waals surface area (Å²) < 4.78 is 1.55. The van der Waals surface area contributed by atoms with Gasteiger partial charge in [-0.3, -0.25) is 14.2 Å². The summed E-state index contributed by atoms with van der Waals surface area (Å²) in [5, 5.41) is 3.25. The number of carbonyl (C=O) groups is 1. The van der Waals surface area contributed by atoms with Gasteiger partial charge in [0.15, 0.2) is 5.65 Å². The molecule has 1 amide bonds. The maximum Gasteiger partial charge on any atom is 0.263 e. The lowest BCUT2D eigenvalue weighted by Crippen LogP contribution is -2.31. The standard InChI is InChI=1S/C19H18N4O2/c1-14-22-18-16(8-5-11-21-18)19(25)23(14)13-12-20-17(24)10-9-15-6-3-2-4-7-15/h2-11H,12-13H2,1H3,(H,20,24). The highest BCUT2D eigenvalue weighted by molar-refractivity contribution is 5.91. The Morgan fingerprint density at radius 2 is 2.00 bits per heavy atom. The van der Waals surface area contributed by atoms with Crippen LogP contribution in [0.4, 0.5) is 0 Å². The Bertz CT molecular complexity index is 978. The lowest BCUT2D eigenvalue weighted by atomic mass is 10.2. The van der Waals surface area contributed by atoms with Crippen LogP contribution in [0.1, 0.15) is 11.4 Å². The van der Waals surface area contributed by atoms with E-state index in [1.807, 2.05) is 30.3 Å². The SMILES string of the molecule is Cc1nc2ncccc2c(=O)n1CCNC(=O)C=Cc1ccccc1. The number of nitrogens with zero attached hydrogens (tertiary/aromatic N) is 3. The van der Waals surface area contributed by atoms with Gasteiger partial charge in [0.25, 0.3) is 5.56 Å². The molecule has 0 spiro atoms. The van der Waals surface area contributed by atoms with Crippen LogP contribution in [0.25, 0.3) is 17.1 Å². The molecule has 0 radical (unpaired) electrons. The van der Waals surface area contributed by atoms with E-state index in [-0.39, 0.29) is 11.5 Å². The minimum Gasteiger partial charge on any atom is -0.351 e. The van der Waals surface area contributed by atoms with Gasteiger partial charge in [-0.25, -0.2) is 9.97 Å². The van der Waals surface area contributed by atoms with Crippen molar-refractivity contribution in [2.75, 3.05) is 6.54 Å². The molecule has 0 saturated heterocycles. The van der Waals surface area contributed by atoms with Crippen molar-refractivity contribution >= 4 is 23.0 Å². The zero-order valence-electron chi connectivity index (χ0n) is 13.8. The number of benzene rings is 1. The van der Waals surface area contributed by atoms with Crippen LogP contribution < -0.4 is 10.9 Å². The molecule has 6 nitrogen and oxygen atoms in total. The van der Waals surface area contributed by atoms with Crippen molar-refractivity contribution in [2.45, 2.75) is 13.5 Å². The van der Waals surface area contributed by atoms with E-state index in [1.165, 1.54) is 6.08 Å². The van der Waals surface area contributed by atoms with Gasteiger partial charge in [0.2, 0.25) is 5.91 Å². The second-order valence-corrected chi connectivity index (χ2v) is 5.53. The Morgan fingerprint density at radius 1 is 1.20 bits per heavy atom. The van der Waals surface area contributed by atoms with E-state index in [4.69, 9.17) is 0 Å². The normalized spacial score (nSPS) is 11.1. The highest BCUT2D eigenvalue weighted by atomic mass is 16.1. The van der Waals surface area contributed by atoms with Crippen molar-refractivity contribution in [3.63, 3.8) is 0 Å². The van der Waals surface area contributed by atoms with E-state index in [2.05, 4.69) is 15.3 Å². The van der Waals surface area contributed by atoms with E-state index < -0.39 is 0 Å². The lowest BCUT2D eigenvalue weighted by Gasteiger charge is -2.10. The van der Waals surface area contributed by atoms with Gasteiger partial charge < -0.3 is 5.32 Å². The summed E-state index contributed by atoms with van der Waals surface area (Å²) in [5.41, 5.74) is 1.25. The molecule has 0 aliphatic rings. The molecule has 0 atom stereocenters. The quantitative estimate of drug-likeness (QED) is 0.723. The molecule has 0 saturated carbocycles. The molecule has 2 heterocycles. The van der Waals surface area contributed by atoms with Crippen LogP contribution in [0.15, 0.2) is 59.5 Å². The largest absolute Gasteiger partial charge is 0.351 e. The Labute approximate surface area is 144 Å². The fraction of sp³-hybridized carbons (Fsp3) is 0.158. The van der Waals surface area contributed by atoms with Crippen molar-refractivity contribution < 1.29 is 4.79 Å². The van der Waals surface area contributed by atoms with Crippen LogP contribution >= 0.6 is 0 Å². The van der Waals surface area contributed by atoms with E-state index in [0.717, 1.165) is 5.56 Å². The second-order valence-electron chi connectivity index (χ2n) is 5.53. The van der Waals surface area contributed by atoms with Crippen LogP contribution in [0.3, 0.4) is 0 Å². The molecule has 6 heteroatoms. The molecular weight excluding hydrogens is 316 g/mol. The Morgan fingerprint density at radius 3 is 2.80 bits per heavy atom. The first-order valence-electron chi connectivity index (χ1n) is 7.98. The highest BCUT2D eigenvalue weighted by Crippen LogP contribution is 2.04. The number of hydrogen-bond donors (Lipinski definition) is 1. The number of nitrogens with one attached hydrogen (secondary N) is 1. The van der Waals surface area contributed by atoms with Crippen LogP contribution in [-0.4, -0.2) is 27.0 Å². The first kappa shape index (κ1) is 16.6. The fourth-order valence-electron chi connectivity index (χ4n) is 2.51. The molecule has 3 rings (SSSR count). The van der Waals surface area contributed by atoms with Gasteiger partial charge in [0.1, 0.15) is 5.82 Å². The van der Waals surface area contributed by atoms with Crippen LogP contribution in [0.2, 0.25) is 0 Å². The maximum absolute atomic E-state index is 12.5. The molecule has 1 aromatic carbocycles. The molecule has 126 valence electrons. The number of pyridine rings is 1. The minimum atomic E-state index is -0.204. The van der Waals surface area contributed by atoms with E-state index in [1.54, 1.807) is 35.9 Å². The van der Waals surface area contributed by atoms with E-state index in [0.29, 0.717) is 29.9 Å². The van der Waals surface area contributed by atoms with Crippen LogP contribution in [0, 0.1) is 6.92 Å². The lowest BCUT2D eigenvalue weighted by molar-refractivity contribution is -0.116. The van der Waals surface area contributed by atoms with Crippen molar-refractivity contribution in [3.05, 3.63) is 76.5 Å². The highest BCUT2D eigenvalue weighted by Gasteiger charge is 2.08. The molecule has 25 heavy (non-hydrogen) atoms. The third-order valence-electron chi connectivity index (χ3n) is 3.78. The minimum absolute atomic E-state index is 0.148. The third-order valence-corrected chi connectivity index (χ3v) is 3.78. The van der Waals surface area contributed by atoms with E-state index >= 15 is 0 Å². The fourth-order valence-corrected chi connectivity index (χ4v) is 2.51. The number of hydrogen-bond acceptors (Lipinski definition) is 4. The molecule has 0 aliphatic carbocycles. The predicted octanol–water partition coefficient (Wildman–Crippen LogP) is 1.93. The third kappa shape index (κ3) is 3.98. The summed E-state index contributed by atoms with van der Waals surface area (Å²) in [7, 11) is 0. The van der Waals surface area contributed by atoms with Gasteiger partial charge in [-0.2, -0.15) is 0 Å². The van der Waals surface area contributed by atoms with Crippen molar-refractivity contribution in [1.82, 2.24) is 19.9 Å². The monoisotopic (exact) mass is 334 g/mol. The average molecular weight is 334 g/mol. The molecule has 1 N–H and O–H groups in total. The Hall–Kier alpha value is -3.28. The summed E-state index contributed by atoms with van der Waals surface area (Å²) in [4.78, 5) is 32.8. The van der Waals surface area contributed by atoms with Gasteiger partial charge in [-0.15, -0.1) is 0 Å². The summed E-state index contributed by atoms with van der Waals surface area (Å²) in [6.07, 6.45) is 4.83. The van der Waals surface area contributed by atoms with Gasteiger partial charge in [0.05, 0.1) is 5.39 Å². The summed E-state index contributed by atoms with van der Waals surface area (Å²) in [6.45, 7) is 2.45. The number of aryl methyl sites for hydroxylation is 1. The molecule has 2 aromatic heterocycles. The number of rotatable bonds is 5. The number of aromatic nitrogens is 3. The zero-order chi connectivity index (χ0) is 17.6.